The largest absolute Gasteiger partial charge is 0.414 e. The summed E-state index contributed by atoms with van der Waals surface area (Å²) in [5.74, 6) is -0.637. The molecule has 2 unspecified atom stereocenters. The fraction of sp³-hybridized carbons (Fsp3) is 0.462. The lowest BCUT2D eigenvalue weighted by atomic mass is 10.2. The van der Waals surface area contributed by atoms with Crippen LogP contribution in [0.2, 0.25) is 0 Å². The Bertz CT molecular complexity index is 446. The quantitative estimate of drug-likeness (QED) is 0.875. The SMILES string of the molecule is CC(OC(C)C(F)(F)F)C(=O)Nc1ccc(CN)cc1. The maximum Gasteiger partial charge on any atom is 0.414 e. The first-order chi connectivity index (χ1) is 9.24. The number of hydrogen-bond donors (Lipinski definition) is 2. The van der Waals surface area contributed by atoms with Gasteiger partial charge >= 0.3 is 6.18 Å². The molecule has 0 aliphatic rings. The zero-order valence-electron chi connectivity index (χ0n) is 11.2. The van der Waals surface area contributed by atoms with Crippen LogP contribution in [0.15, 0.2) is 24.3 Å². The molecule has 0 radical (unpaired) electrons. The molecule has 0 saturated heterocycles. The van der Waals surface area contributed by atoms with E-state index in [-0.39, 0.29) is 0 Å². The minimum Gasteiger partial charge on any atom is -0.356 e. The monoisotopic (exact) mass is 290 g/mol. The number of anilines is 1. The number of nitrogens with two attached hydrogens (primary N) is 1. The Morgan fingerprint density at radius 2 is 1.85 bits per heavy atom. The van der Waals surface area contributed by atoms with E-state index in [1.54, 1.807) is 24.3 Å². The molecule has 0 fully saturated rings. The van der Waals surface area contributed by atoms with Crippen molar-refractivity contribution in [3.63, 3.8) is 0 Å². The van der Waals surface area contributed by atoms with E-state index in [9.17, 15) is 18.0 Å². The van der Waals surface area contributed by atoms with Crippen molar-refractivity contribution >= 4 is 11.6 Å². The minimum absolute atomic E-state index is 0.372. The van der Waals surface area contributed by atoms with Crippen molar-refractivity contribution in [2.75, 3.05) is 5.32 Å². The molecule has 112 valence electrons. The van der Waals surface area contributed by atoms with Crippen LogP contribution in [0, 0.1) is 0 Å². The maximum atomic E-state index is 12.3. The molecule has 7 heteroatoms. The van der Waals surface area contributed by atoms with Gasteiger partial charge in [-0.3, -0.25) is 4.79 Å². The van der Waals surface area contributed by atoms with Crippen LogP contribution < -0.4 is 11.1 Å². The Labute approximate surface area is 115 Å². The number of nitrogens with one attached hydrogen (secondary N) is 1. The van der Waals surface area contributed by atoms with Crippen LogP contribution >= 0.6 is 0 Å². The zero-order chi connectivity index (χ0) is 15.3. The van der Waals surface area contributed by atoms with Gasteiger partial charge in [0.2, 0.25) is 0 Å². The molecule has 0 saturated carbocycles. The lowest BCUT2D eigenvalue weighted by Gasteiger charge is -2.20. The van der Waals surface area contributed by atoms with Gasteiger partial charge in [-0.1, -0.05) is 12.1 Å². The Morgan fingerprint density at radius 1 is 1.30 bits per heavy atom. The van der Waals surface area contributed by atoms with E-state index in [2.05, 4.69) is 10.1 Å². The van der Waals surface area contributed by atoms with E-state index in [1.165, 1.54) is 6.92 Å². The number of amides is 1. The predicted octanol–water partition coefficient (Wildman–Crippen LogP) is 2.44. The first-order valence-electron chi connectivity index (χ1n) is 6.06. The third-order valence-corrected chi connectivity index (χ3v) is 2.70. The van der Waals surface area contributed by atoms with Crippen LogP contribution in [0.4, 0.5) is 18.9 Å². The van der Waals surface area contributed by atoms with E-state index < -0.39 is 24.3 Å². The first-order valence-corrected chi connectivity index (χ1v) is 6.06. The summed E-state index contributed by atoms with van der Waals surface area (Å²) in [6.45, 7) is 2.50. The summed E-state index contributed by atoms with van der Waals surface area (Å²) in [6.07, 6.45) is -7.69. The van der Waals surface area contributed by atoms with Gasteiger partial charge in [0.1, 0.15) is 6.10 Å². The molecule has 0 aliphatic heterocycles. The van der Waals surface area contributed by atoms with Crippen LogP contribution in [0.5, 0.6) is 0 Å². The second kappa shape index (κ2) is 6.71. The number of halogens is 3. The summed E-state index contributed by atoms with van der Waals surface area (Å²) < 4.78 is 41.6. The smallest absolute Gasteiger partial charge is 0.356 e. The second-order valence-corrected chi connectivity index (χ2v) is 4.35. The summed E-state index contributed by atoms with van der Waals surface area (Å²) >= 11 is 0. The number of carbonyl (C=O) groups excluding carboxylic acids is 1. The van der Waals surface area contributed by atoms with Gasteiger partial charge < -0.3 is 15.8 Å². The highest BCUT2D eigenvalue weighted by Gasteiger charge is 2.38. The number of rotatable bonds is 5. The van der Waals surface area contributed by atoms with Crippen molar-refractivity contribution < 1.29 is 22.7 Å². The van der Waals surface area contributed by atoms with E-state index in [4.69, 9.17) is 5.73 Å². The molecule has 0 bridgehead atoms. The van der Waals surface area contributed by atoms with Crippen molar-refractivity contribution in [3.8, 4) is 0 Å². The van der Waals surface area contributed by atoms with Crippen molar-refractivity contribution in [2.45, 2.75) is 38.8 Å². The Kier molecular flexibility index (Phi) is 5.52. The van der Waals surface area contributed by atoms with Crippen molar-refractivity contribution in [1.82, 2.24) is 0 Å². The maximum absolute atomic E-state index is 12.3. The van der Waals surface area contributed by atoms with Gasteiger partial charge in [0.25, 0.3) is 5.91 Å². The molecule has 0 aliphatic carbocycles. The number of carbonyl (C=O) groups is 1. The third-order valence-electron chi connectivity index (χ3n) is 2.70. The highest BCUT2D eigenvalue weighted by atomic mass is 19.4. The minimum atomic E-state index is -4.49. The van der Waals surface area contributed by atoms with Gasteiger partial charge in [0, 0.05) is 12.2 Å². The molecule has 0 aromatic heterocycles. The van der Waals surface area contributed by atoms with E-state index in [0.29, 0.717) is 12.2 Å². The van der Waals surface area contributed by atoms with Crippen LogP contribution in [0.25, 0.3) is 0 Å². The normalized spacial score (nSPS) is 14.7. The molecule has 4 nitrogen and oxygen atoms in total. The fourth-order valence-corrected chi connectivity index (χ4v) is 1.41. The summed E-state index contributed by atoms with van der Waals surface area (Å²) in [5.41, 5.74) is 6.79. The topological polar surface area (TPSA) is 64.3 Å². The zero-order valence-corrected chi connectivity index (χ0v) is 11.2. The summed E-state index contributed by atoms with van der Waals surface area (Å²) in [7, 11) is 0. The molecule has 3 N–H and O–H groups in total. The number of alkyl halides is 3. The lowest BCUT2D eigenvalue weighted by molar-refractivity contribution is -0.223. The summed E-state index contributed by atoms with van der Waals surface area (Å²) in [5, 5.41) is 2.48. The van der Waals surface area contributed by atoms with Crippen molar-refractivity contribution in [1.29, 1.82) is 0 Å². The van der Waals surface area contributed by atoms with E-state index in [0.717, 1.165) is 12.5 Å². The molecule has 0 heterocycles. The molecular formula is C13H17F3N2O2. The number of ether oxygens (including phenoxy) is 1. The first kappa shape index (κ1) is 16.5. The predicted molar refractivity (Wildman–Crippen MR) is 69.0 cm³/mol. The highest BCUT2D eigenvalue weighted by molar-refractivity contribution is 5.93. The number of benzene rings is 1. The molecule has 1 rings (SSSR count). The standard InChI is InChI=1S/C13H17F3N2O2/c1-8(20-9(2)13(14,15)16)12(19)18-11-5-3-10(7-17)4-6-11/h3-6,8-9H,7,17H2,1-2H3,(H,18,19). The fourth-order valence-electron chi connectivity index (χ4n) is 1.41. The van der Waals surface area contributed by atoms with Gasteiger partial charge in [0.15, 0.2) is 6.10 Å². The molecular weight excluding hydrogens is 273 g/mol. The van der Waals surface area contributed by atoms with Gasteiger partial charge in [-0.2, -0.15) is 13.2 Å². The second-order valence-electron chi connectivity index (χ2n) is 4.35. The average molecular weight is 290 g/mol. The molecule has 2 atom stereocenters. The van der Waals surface area contributed by atoms with Crippen LogP contribution in [-0.4, -0.2) is 24.3 Å². The van der Waals surface area contributed by atoms with E-state index >= 15 is 0 Å². The number of hydrogen-bond acceptors (Lipinski definition) is 3. The van der Waals surface area contributed by atoms with Crippen LogP contribution in [0.3, 0.4) is 0 Å². The van der Waals surface area contributed by atoms with E-state index in [1.807, 2.05) is 0 Å². The summed E-state index contributed by atoms with van der Waals surface area (Å²) in [4.78, 5) is 11.7. The van der Waals surface area contributed by atoms with Crippen molar-refractivity contribution in [2.24, 2.45) is 5.73 Å². The summed E-state index contributed by atoms with van der Waals surface area (Å²) in [6, 6.07) is 6.69. The van der Waals surface area contributed by atoms with Crippen molar-refractivity contribution in [3.05, 3.63) is 29.8 Å². The Hall–Kier alpha value is -1.60. The lowest BCUT2D eigenvalue weighted by Crippen LogP contribution is -2.37. The Morgan fingerprint density at radius 3 is 2.30 bits per heavy atom. The Balaban J connectivity index is 2.57. The van der Waals surface area contributed by atoms with Gasteiger partial charge in [-0.25, -0.2) is 0 Å². The molecule has 0 spiro atoms. The van der Waals surface area contributed by atoms with Crippen LogP contribution in [0.1, 0.15) is 19.4 Å². The third kappa shape index (κ3) is 4.82. The van der Waals surface area contributed by atoms with Gasteiger partial charge in [-0.15, -0.1) is 0 Å². The average Bonchev–Trinajstić information content (AvgIpc) is 2.38. The highest BCUT2D eigenvalue weighted by Crippen LogP contribution is 2.23. The molecule has 20 heavy (non-hydrogen) atoms. The molecule has 1 aromatic rings. The molecule has 1 amide bonds. The van der Waals surface area contributed by atoms with Gasteiger partial charge in [0.05, 0.1) is 0 Å². The molecule has 1 aromatic carbocycles. The van der Waals surface area contributed by atoms with Gasteiger partial charge in [-0.05, 0) is 31.5 Å². The van der Waals surface area contributed by atoms with Crippen LogP contribution in [-0.2, 0) is 16.1 Å².